The Hall–Kier alpha value is -1.82. The fourth-order valence-electron chi connectivity index (χ4n) is 3.09. The van der Waals surface area contributed by atoms with Gasteiger partial charge in [-0.1, -0.05) is 72.3 Å². The maximum absolute atomic E-state index is 2.39. The summed E-state index contributed by atoms with van der Waals surface area (Å²) in [5.41, 5.74) is 4.53. The molecule has 0 unspecified atom stereocenters. The van der Waals surface area contributed by atoms with Crippen molar-refractivity contribution in [2.75, 3.05) is 0 Å². The van der Waals surface area contributed by atoms with Gasteiger partial charge in [0.25, 0.3) is 0 Å². The van der Waals surface area contributed by atoms with E-state index in [-0.39, 0.29) is 5.41 Å². The summed E-state index contributed by atoms with van der Waals surface area (Å²) in [6.07, 6.45) is 4.65. The lowest BCUT2D eigenvalue weighted by atomic mass is 9.72. The average Bonchev–Trinajstić information content (AvgIpc) is 2.84. The molecule has 1 aliphatic carbocycles. The van der Waals surface area contributed by atoms with Gasteiger partial charge in [-0.25, -0.2) is 0 Å². The van der Waals surface area contributed by atoms with Gasteiger partial charge in [0.05, 0.1) is 0 Å². The summed E-state index contributed by atoms with van der Waals surface area (Å²) in [6.45, 7) is 2.24. The van der Waals surface area contributed by atoms with Crippen molar-refractivity contribution in [3.63, 3.8) is 0 Å². The van der Waals surface area contributed by atoms with Crippen molar-refractivity contribution in [2.24, 2.45) is 0 Å². The van der Waals surface area contributed by atoms with Gasteiger partial charge in [-0.15, -0.1) is 0 Å². The van der Waals surface area contributed by atoms with Crippen LogP contribution in [0.3, 0.4) is 0 Å². The lowest BCUT2D eigenvalue weighted by Gasteiger charge is -2.31. The highest BCUT2D eigenvalue weighted by molar-refractivity contribution is 5.44. The van der Waals surface area contributed by atoms with Crippen molar-refractivity contribution in [3.05, 3.63) is 83.4 Å². The van der Waals surface area contributed by atoms with E-state index in [1.807, 2.05) is 0 Å². The van der Waals surface area contributed by atoms with E-state index in [4.69, 9.17) is 0 Å². The number of hydrogen-bond donors (Lipinski definition) is 0. The normalized spacial score (nSPS) is 17.5. The standard InChI is InChI=1S/C18H18/c1-15-12-13-18(14-15,16-8-4-2-5-9-16)17-10-6-3-7-11-17/h2-12H,13-14H2,1H3. The lowest BCUT2D eigenvalue weighted by molar-refractivity contribution is 0.549. The fourth-order valence-corrected chi connectivity index (χ4v) is 3.09. The van der Waals surface area contributed by atoms with Crippen LogP contribution >= 0.6 is 0 Å². The quantitative estimate of drug-likeness (QED) is 0.660. The first-order chi connectivity index (χ1) is 8.81. The summed E-state index contributed by atoms with van der Waals surface area (Å²) < 4.78 is 0. The van der Waals surface area contributed by atoms with Gasteiger partial charge in [0.2, 0.25) is 0 Å². The van der Waals surface area contributed by atoms with E-state index in [1.54, 1.807) is 0 Å². The molecule has 0 aromatic heterocycles. The van der Waals surface area contributed by atoms with E-state index in [1.165, 1.54) is 16.7 Å². The van der Waals surface area contributed by atoms with Gasteiger partial charge in [-0.2, -0.15) is 0 Å². The Morgan fingerprint density at radius 2 is 1.28 bits per heavy atom. The Labute approximate surface area is 109 Å². The minimum absolute atomic E-state index is 0.159. The fraction of sp³-hybridized carbons (Fsp3) is 0.222. The smallest absolute Gasteiger partial charge is 0.0274 e. The first kappa shape index (κ1) is 11.3. The molecule has 0 aliphatic heterocycles. The third-order valence-corrected chi connectivity index (χ3v) is 4.03. The zero-order valence-electron chi connectivity index (χ0n) is 10.8. The van der Waals surface area contributed by atoms with Crippen LogP contribution in [0.15, 0.2) is 72.3 Å². The number of hydrogen-bond acceptors (Lipinski definition) is 0. The molecular formula is C18H18. The summed E-state index contributed by atoms with van der Waals surface area (Å²) in [5, 5.41) is 0. The van der Waals surface area contributed by atoms with Crippen LogP contribution in [0.4, 0.5) is 0 Å². The van der Waals surface area contributed by atoms with Gasteiger partial charge >= 0.3 is 0 Å². The monoisotopic (exact) mass is 234 g/mol. The summed E-state index contributed by atoms with van der Waals surface area (Å²) in [7, 11) is 0. The second-order valence-corrected chi connectivity index (χ2v) is 5.25. The van der Waals surface area contributed by atoms with Crippen LogP contribution < -0.4 is 0 Å². The van der Waals surface area contributed by atoms with Gasteiger partial charge in [0.15, 0.2) is 0 Å². The third-order valence-electron chi connectivity index (χ3n) is 4.03. The molecule has 0 radical (unpaired) electrons. The third kappa shape index (κ3) is 1.78. The maximum Gasteiger partial charge on any atom is 0.0274 e. The molecule has 2 aromatic carbocycles. The van der Waals surface area contributed by atoms with Crippen molar-refractivity contribution in [1.29, 1.82) is 0 Å². The van der Waals surface area contributed by atoms with Crippen LogP contribution in [0, 0.1) is 0 Å². The molecule has 2 aromatic rings. The van der Waals surface area contributed by atoms with Crippen molar-refractivity contribution in [1.82, 2.24) is 0 Å². The Kier molecular flexibility index (Phi) is 2.79. The van der Waals surface area contributed by atoms with Crippen molar-refractivity contribution in [3.8, 4) is 0 Å². The Morgan fingerprint density at radius 3 is 1.67 bits per heavy atom. The summed E-state index contributed by atoms with van der Waals surface area (Å²) >= 11 is 0. The second-order valence-electron chi connectivity index (χ2n) is 5.25. The molecule has 18 heavy (non-hydrogen) atoms. The molecule has 0 saturated carbocycles. The molecule has 90 valence electrons. The van der Waals surface area contributed by atoms with Gasteiger partial charge in [-0.3, -0.25) is 0 Å². The van der Waals surface area contributed by atoms with E-state index >= 15 is 0 Å². The summed E-state index contributed by atoms with van der Waals surface area (Å²) in [6, 6.07) is 21.8. The van der Waals surface area contributed by atoms with Crippen LogP contribution in [0.1, 0.15) is 30.9 Å². The average molecular weight is 234 g/mol. The molecule has 3 rings (SSSR count). The molecular weight excluding hydrogens is 216 g/mol. The molecule has 0 fully saturated rings. The highest BCUT2D eigenvalue weighted by Crippen LogP contribution is 2.45. The van der Waals surface area contributed by atoms with Gasteiger partial charge < -0.3 is 0 Å². The molecule has 0 saturated heterocycles. The van der Waals surface area contributed by atoms with Crippen molar-refractivity contribution >= 4 is 0 Å². The predicted molar refractivity (Wildman–Crippen MR) is 76.7 cm³/mol. The first-order valence-electron chi connectivity index (χ1n) is 6.58. The molecule has 0 spiro atoms. The Balaban J connectivity index is 2.12. The van der Waals surface area contributed by atoms with Crippen LogP contribution in [-0.4, -0.2) is 0 Å². The minimum Gasteiger partial charge on any atom is -0.0843 e. The van der Waals surface area contributed by atoms with Crippen LogP contribution in [0.25, 0.3) is 0 Å². The zero-order chi connectivity index (χ0) is 12.4. The zero-order valence-corrected chi connectivity index (χ0v) is 10.8. The van der Waals surface area contributed by atoms with Crippen LogP contribution in [0.5, 0.6) is 0 Å². The van der Waals surface area contributed by atoms with Gasteiger partial charge in [0, 0.05) is 5.41 Å². The summed E-state index contributed by atoms with van der Waals surface area (Å²) in [5.74, 6) is 0. The molecule has 1 aliphatic rings. The van der Waals surface area contributed by atoms with Gasteiger partial charge in [-0.05, 0) is 30.9 Å². The number of allylic oxidation sites excluding steroid dienone is 2. The number of benzene rings is 2. The SMILES string of the molecule is CC1=CCC(c2ccccc2)(c2ccccc2)C1. The number of rotatable bonds is 2. The molecule has 0 heteroatoms. The van der Waals surface area contributed by atoms with Crippen molar-refractivity contribution < 1.29 is 0 Å². The highest BCUT2D eigenvalue weighted by atomic mass is 14.4. The maximum atomic E-state index is 2.39. The molecule has 0 heterocycles. The van der Waals surface area contributed by atoms with Crippen molar-refractivity contribution in [2.45, 2.75) is 25.2 Å². The van der Waals surface area contributed by atoms with E-state index in [9.17, 15) is 0 Å². The Morgan fingerprint density at radius 1 is 0.778 bits per heavy atom. The van der Waals surface area contributed by atoms with Crippen LogP contribution in [-0.2, 0) is 5.41 Å². The molecule has 0 amide bonds. The molecule has 0 N–H and O–H groups in total. The minimum atomic E-state index is 0.159. The topological polar surface area (TPSA) is 0 Å². The van der Waals surface area contributed by atoms with E-state index in [2.05, 4.69) is 73.7 Å². The van der Waals surface area contributed by atoms with Crippen LogP contribution in [0.2, 0.25) is 0 Å². The second kappa shape index (κ2) is 4.45. The van der Waals surface area contributed by atoms with E-state index < -0.39 is 0 Å². The van der Waals surface area contributed by atoms with E-state index in [0.29, 0.717) is 0 Å². The van der Waals surface area contributed by atoms with Gasteiger partial charge in [0.1, 0.15) is 0 Å². The highest BCUT2D eigenvalue weighted by Gasteiger charge is 2.36. The molecule has 0 nitrogen and oxygen atoms in total. The molecule has 0 bridgehead atoms. The predicted octanol–water partition coefficient (Wildman–Crippen LogP) is 4.71. The Bertz CT molecular complexity index is 510. The van der Waals surface area contributed by atoms with E-state index in [0.717, 1.165) is 12.8 Å². The largest absolute Gasteiger partial charge is 0.0843 e. The first-order valence-corrected chi connectivity index (χ1v) is 6.58. The lowest BCUT2D eigenvalue weighted by Crippen LogP contribution is -2.24. The molecule has 0 atom stereocenters. The summed E-state index contributed by atoms with van der Waals surface area (Å²) in [4.78, 5) is 0.